The Morgan fingerprint density at radius 2 is 1.69 bits per heavy atom. The Balaban J connectivity index is 3.91. The Bertz CT molecular complexity index is 240. The van der Waals surface area contributed by atoms with E-state index in [9.17, 15) is 35.5 Å². The Morgan fingerprint density at radius 1 is 1.19 bits per heavy atom. The minimum Gasteiger partial charge on any atom is -0.440 e. The minimum atomic E-state index is -4.82. The number of hydrogen-bond acceptors (Lipinski definition) is 2. The van der Waals surface area contributed by atoms with Gasteiger partial charge in [0.25, 0.3) is 0 Å². The molecule has 16 heavy (non-hydrogen) atoms. The summed E-state index contributed by atoms with van der Waals surface area (Å²) >= 11 is 0. The number of carbonyl (C=O) groups excluding carboxylic acids is 1. The van der Waals surface area contributed by atoms with Crippen molar-refractivity contribution in [1.82, 2.24) is 5.32 Å². The molecule has 0 aliphatic rings. The summed E-state index contributed by atoms with van der Waals surface area (Å²) in [7, 11) is 0. The van der Waals surface area contributed by atoms with E-state index in [2.05, 4.69) is 4.74 Å². The molecule has 1 N–H and O–H groups in total. The molecular formula is C6H6F7NO2. The van der Waals surface area contributed by atoms with E-state index in [1.54, 1.807) is 0 Å². The third-order valence-electron chi connectivity index (χ3n) is 1.15. The van der Waals surface area contributed by atoms with E-state index in [-0.39, 0.29) is 0 Å². The van der Waals surface area contributed by atoms with Crippen molar-refractivity contribution in [3.8, 4) is 0 Å². The zero-order valence-corrected chi connectivity index (χ0v) is 7.45. The molecular weight excluding hydrogens is 251 g/mol. The highest BCUT2D eigenvalue weighted by atomic mass is 19.4. The number of ether oxygens (including phenoxy) is 1. The van der Waals surface area contributed by atoms with E-state index in [4.69, 9.17) is 0 Å². The molecule has 3 nitrogen and oxygen atoms in total. The van der Waals surface area contributed by atoms with Crippen LogP contribution < -0.4 is 5.32 Å². The maximum absolute atomic E-state index is 12.1. The monoisotopic (exact) mass is 257 g/mol. The van der Waals surface area contributed by atoms with Crippen molar-refractivity contribution in [2.45, 2.75) is 18.5 Å². The van der Waals surface area contributed by atoms with E-state index in [0.717, 1.165) is 5.32 Å². The Morgan fingerprint density at radius 3 is 2.06 bits per heavy atom. The van der Waals surface area contributed by atoms with Crippen molar-refractivity contribution in [3.63, 3.8) is 0 Å². The first-order chi connectivity index (χ1) is 7.04. The lowest BCUT2D eigenvalue weighted by Gasteiger charge is -2.15. The third kappa shape index (κ3) is 6.30. The lowest BCUT2D eigenvalue weighted by Crippen LogP contribution is -2.42. The van der Waals surface area contributed by atoms with Crippen molar-refractivity contribution in [3.05, 3.63) is 0 Å². The maximum atomic E-state index is 12.1. The topological polar surface area (TPSA) is 38.3 Å². The molecule has 0 aliphatic carbocycles. The first kappa shape index (κ1) is 14.8. The summed E-state index contributed by atoms with van der Waals surface area (Å²) in [5.74, 6) is -4.52. The highest BCUT2D eigenvalue weighted by Crippen LogP contribution is 2.21. The van der Waals surface area contributed by atoms with Crippen LogP contribution in [0, 0.1) is 0 Å². The lowest BCUT2D eigenvalue weighted by atomic mass is 10.3. The second-order valence-electron chi connectivity index (χ2n) is 2.61. The summed E-state index contributed by atoms with van der Waals surface area (Å²) in [6, 6.07) is 0. The predicted molar refractivity (Wildman–Crippen MR) is 36.4 cm³/mol. The lowest BCUT2D eigenvalue weighted by molar-refractivity contribution is -0.161. The van der Waals surface area contributed by atoms with Crippen LogP contribution >= 0.6 is 0 Å². The molecule has 10 heteroatoms. The number of alkyl halides is 7. The average Bonchev–Trinajstić information content (AvgIpc) is 2.10. The van der Waals surface area contributed by atoms with Crippen LogP contribution in [0.1, 0.15) is 0 Å². The molecule has 0 aromatic carbocycles. The van der Waals surface area contributed by atoms with E-state index in [1.165, 1.54) is 0 Å². The van der Waals surface area contributed by atoms with Crippen molar-refractivity contribution in [1.29, 1.82) is 0 Å². The summed E-state index contributed by atoms with van der Waals surface area (Å²) in [5, 5.41) is 1.09. The van der Waals surface area contributed by atoms with Gasteiger partial charge in [0.15, 0.2) is 6.61 Å². The Kier molecular flexibility index (Phi) is 4.81. The first-order valence-corrected chi connectivity index (χ1v) is 3.68. The summed E-state index contributed by atoms with van der Waals surface area (Å²) in [5.41, 5.74) is 0. The second-order valence-corrected chi connectivity index (χ2v) is 2.61. The zero-order valence-electron chi connectivity index (χ0n) is 7.45. The molecule has 0 aliphatic heterocycles. The average molecular weight is 257 g/mol. The number of amides is 1. The van der Waals surface area contributed by atoms with Gasteiger partial charge in [0.05, 0.1) is 6.54 Å². The Labute approximate surface area is 84.5 Å². The highest BCUT2D eigenvalue weighted by molar-refractivity contribution is 5.67. The number of alkyl carbamates (subject to hydrolysis) is 1. The molecule has 0 radical (unpaired) electrons. The molecule has 0 fully saturated rings. The van der Waals surface area contributed by atoms with Crippen LogP contribution in [0.4, 0.5) is 35.5 Å². The van der Waals surface area contributed by atoms with E-state index >= 15 is 0 Å². The number of hydrogen-bond donors (Lipinski definition) is 1. The fraction of sp³-hybridized carbons (Fsp3) is 0.833. The minimum absolute atomic E-state index is 1.09. The smallest absolute Gasteiger partial charge is 0.422 e. The molecule has 0 atom stereocenters. The number of nitrogens with one attached hydrogen (secondary N) is 1. The predicted octanol–water partition coefficient (Wildman–Crippen LogP) is 2.18. The SMILES string of the molecule is O=C(NCC(F)(F)C(F)F)OCC(F)(F)F. The molecule has 0 rings (SSSR count). The van der Waals surface area contributed by atoms with Gasteiger partial charge in [-0.25, -0.2) is 13.6 Å². The van der Waals surface area contributed by atoms with Crippen LogP contribution in [-0.2, 0) is 4.74 Å². The van der Waals surface area contributed by atoms with Crippen LogP contribution in [0.3, 0.4) is 0 Å². The van der Waals surface area contributed by atoms with Crippen LogP contribution in [-0.4, -0.2) is 37.8 Å². The van der Waals surface area contributed by atoms with Crippen molar-refractivity contribution >= 4 is 6.09 Å². The van der Waals surface area contributed by atoms with Gasteiger partial charge in [0, 0.05) is 0 Å². The van der Waals surface area contributed by atoms with E-state index in [1.807, 2.05) is 0 Å². The molecule has 0 aromatic heterocycles. The molecule has 1 amide bonds. The van der Waals surface area contributed by atoms with Crippen LogP contribution in [0.25, 0.3) is 0 Å². The van der Waals surface area contributed by atoms with Gasteiger partial charge in [-0.05, 0) is 0 Å². The van der Waals surface area contributed by atoms with Crippen molar-refractivity contribution in [2.24, 2.45) is 0 Å². The molecule has 0 spiro atoms. The van der Waals surface area contributed by atoms with Crippen LogP contribution in [0.15, 0.2) is 0 Å². The molecule has 0 saturated heterocycles. The van der Waals surface area contributed by atoms with Gasteiger partial charge < -0.3 is 10.1 Å². The molecule has 0 aromatic rings. The molecule has 0 heterocycles. The van der Waals surface area contributed by atoms with Crippen molar-refractivity contribution in [2.75, 3.05) is 13.2 Å². The van der Waals surface area contributed by atoms with Gasteiger partial charge in [0.2, 0.25) is 0 Å². The summed E-state index contributed by atoms with van der Waals surface area (Å²) in [4.78, 5) is 10.3. The summed E-state index contributed by atoms with van der Waals surface area (Å²) < 4.78 is 85.1. The van der Waals surface area contributed by atoms with E-state index in [0.29, 0.717) is 0 Å². The number of halogens is 7. The summed E-state index contributed by atoms with van der Waals surface area (Å²) in [6.45, 7) is -3.79. The molecule has 0 saturated carbocycles. The van der Waals surface area contributed by atoms with Crippen LogP contribution in [0.5, 0.6) is 0 Å². The Hall–Kier alpha value is -1.22. The van der Waals surface area contributed by atoms with Gasteiger partial charge >= 0.3 is 24.6 Å². The fourth-order valence-electron chi connectivity index (χ4n) is 0.466. The number of carbonyl (C=O) groups is 1. The normalized spacial score (nSPS) is 12.8. The van der Waals surface area contributed by atoms with Gasteiger partial charge in [-0.15, -0.1) is 0 Å². The first-order valence-electron chi connectivity index (χ1n) is 3.68. The van der Waals surface area contributed by atoms with Gasteiger partial charge in [0.1, 0.15) is 0 Å². The molecule has 0 bridgehead atoms. The maximum Gasteiger partial charge on any atom is 0.422 e. The fourth-order valence-corrected chi connectivity index (χ4v) is 0.466. The quantitative estimate of drug-likeness (QED) is 0.784. The van der Waals surface area contributed by atoms with Gasteiger partial charge in [-0.1, -0.05) is 0 Å². The van der Waals surface area contributed by atoms with Crippen LogP contribution in [0.2, 0.25) is 0 Å². The zero-order chi connectivity index (χ0) is 13.0. The molecule has 0 unspecified atom stereocenters. The van der Waals surface area contributed by atoms with E-state index < -0.39 is 37.8 Å². The van der Waals surface area contributed by atoms with Crippen molar-refractivity contribution < 1.29 is 40.3 Å². The summed E-state index contributed by atoms with van der Waals surface area (Å²) in [6.07, 6.45) is -10.7. The standard InChI is InChI=1S/C6H6F7NO2/c7-3(8)5(9,10)1-14-4(15)16-2-6(11,12)13/h3H,1-2H2,(H,14,15). The third-order valence-corrected chi connectivity index (χ3v) is 1.15. The van der Waals surface area contributed by atoms with Gasteiger partial charge in [-0.3, -0.25) is 0 Å². The largest absolute Gasteiger partial charge is 0.440 e. The second kappa shape index (κ2) is 5.21. The highest BCUT2D eigenvalue weighted by Gasteiger charge is 2.41. The molecule has 96 valence electrons. The number of rotatable bonds is 4. The van der Waals surface area contributed by atoms with Gasteiger partial charge in [-0.2, -0.15) is 22.0 Å².